The summed E-state index contributed by atoms with van der Waals surface area (Å²) < 4.78 is 0. The van der Waals surface area contributed by atoms with Crippen LogP contribution in [0.5, 0.6) is 0 Å². The molecule has 1 rings (SSSR count). The van der Waals surface area contributed by atoms with Crippen molar-refractivity contribution >= 4 is 5.78 Å². The molecule has 0 saturated heterocycles. The van der Waals surface area contributed by atoms with Crippen molar-refractivity contribution in [1.82, 2.24) is 0 Å². The van der Waals surface area contributed by atoms with Crippen molar-refractivity contribution in [2.24, 2.45) is 0 Å². The highest BCUT2D eigenvalue weighted by atomic mass is 16.1. The van der Waals surface area contributed by atoms with Gasteiger partial charge in [-0.1, -0.05) is 5.92 Å². The summed E-state index contributed by atoms with van der Waals surface area (Å²) in [7, 11) is 0. The third kappa shape index (κ3) is 3.48. The van der Waals surface area contributed by atoms with E-state index in [2.05, 4.69) is 23.7 Å². The molecule has 0 radical (unpaired) electrons. The van der Waals surface area contributed by atoms with E-state index in [0.29, 0.717) is 12.8 Å². The van der Waals surface area contributed by atoms with E-state index in [1.165, 1.54) is 0 Å². The van der Waals surface area contributed by atoms with E-state index in [4.69, 9.17) is 0 Å². The van der Waals surface area contributed by atoms with Gasteiger partial charge >= 0.3 is 0 Å². The number of hydrogen-bond donors (Lipinski definition) is 0. The molecule has 0 atom stereocenters. The molecule has 1 heteroatoms. The number of carbonyl (C=O) groups is 1. The molecule has 0 aromatic heterocycles. The molecular weight excluding hydrogens is 136 g/mol. The van der Waals surface area contributed by atoms with Gasteiger partial charge in [-0.15, -0.1) is 11.8 Å². The quantitative estimate of drug-likeness (QED) is 0.374. The third-order valence-electron chi connectivity index (χ3n) is 1.43. The molecule has 0 aromatic carbocycles. The molecule has 0 aliphatic heterocycles. The summed E-state index contributed by atoms with van der Waals surface area (Å²) in [5, 5.41) is 0. The normalized spacial score (nSPS) is 17.3. The first kappa shape index (κ1) is 7.89. The maximum atomic E-state index is 10.9. The van der Waals surface area contributed by atoms with Gasteiger partial charge in [0, 0.05) is 25.7 Å². The summed E-state index contributed by atoms with van der Waals surface area (Å²) in [5.74, 6) is 11.4. The standard InChI is InChI=1S/C10H10O/c11-10-8-6-4-2-1-3-5-7-9-10/h1-2,4,7,9H2. The van der Waals surface area contributed by atoms with Gasteiger partial charge < -0.3 is 0 Å². The molecule has 0 amide bonds. The van der Waals surface area contributed by atoms with E-state index in [1.54, 1.807) is 0 Å². The van der Waals surface area contributed by atoms with E-state index in [-0.39, 0.29) is 5.78 Å². The second-order valence-electron chi connectivity index (χ2n) is 2.43. The van der Waals surface area contributed by atoms with Crippen molar-refractivity contribution in [2.45, 2.75) is 32.1 Å². The van der Waals surface area contributed by atoms with Crippen molar-refractivity contribution in [3.05, 3.63) is 0 Å². The summed E-state index contributed by atoms with van der Waals surface area (Å²) in [6, 6.07) is 0. The van der Waals surface area contributed by atoms with Gasteiger partial charge in [0.05, 0.1) is 0 Å². The molecule has 1 nitrogen and oxygen atoms in total. The van der Waals surface area contributed by atoms with Crippen LogP contribution in [0.3, 0.4) is 0 Å². The van der Waals surface area contributed by atoms with Crippen molar-refractivity contribution in [2.75, 3.05) is 0 Å². The summed E-state index contributed by atoms with van der Waals surface area (Å²) >= 11 is 0. The molecule has 0 spiro atoms. The van der Waals surface area contributed by atoms with Gasteiger partial charge in [-0.25, -0.2) is 0 Å². The van der Waals surface area contributed by atoms with Crippen LogP contribution in [-0.2, 0) is 4.79 Å². The lowest BCUT2D eigenvalue weighted by molar-refractivity contribution is -0.113. The van der Waals surface area contributed by atoms with E-state index in [1.807, 2.05) is 0 Å². The smallest absolute Gasteiger partial charge is 0.206 e. The number of rotatable bonds is 0. The zero-order valence-electron chi connectivity index (χ0n) is 6.44. The fraction of sp³-hybridized carbons (Fsp3) is 0.500. The van der Waals surface area contributed by atoms with Crippen molar-refractivity contribution in [1.29, 1.82) is 0 Å². The Morgan fingerprint density at radius 3 is 2.64 bits per heavy atom. The van der Waals surface area contributed by atoms with Crippen LogP contribution in [0.2, 0.25) is 0 Å². The monoisotopic (exact) mass is 146 g/mol. The molecule has 1 aliphatic rings. The topological polar surface area (TPSA) is 17.1 Å². The van der Waals surface area contributed by atoms with Gasteiger partial charge in [0.15, 0.2) is 0 Å². The minimum absolute atomic E-state index is 0.0289. The van der Waals surface area contributed by atoms with E-state index in [0.717, 1.165) is 19.3 Å². The van der Waals surface area contributed by atoms with Gasteiger partial charge in [0.1, 0.15) is 0 Å². The van der Waals surface area contributed by atoms with Gasteiger partial charge in [0.2, 0.25) is 5.78 Å². The van der Waals surface area contributed by atoms with Crippen molar-refractivity contribution in [3.63, 3.8) is 0 Å². The van der Waals surface area contributed by atoms with Crippen LogP contribution < -0.4 is 0 Å². The van der Waals surface area contributed by atoms with Crippen LogP contribution in [0.1, 0.15) is 32.1 Å². The molecule has 0 N–H and O–H groups in total. The Morgan fingerprint density at radius 2 is 1.73 bits per heavy atom. The Balaban J connectivity index is 2.49. The van der Waals surface area contributed by atoms with Crippen LogP contribution in [0.25, 0.3) is 0 Å². The highest BCUT2D eigenvalue weighted by Crippen LogP contribution is 1.95. The fourth-order valence-corrected chi connectivity index (χ4v) is 0.842. The number of carbonyl (C=O) groups excluding carboxylic acids is 1. The molecule has 0 heterocycles. The van der Waals surface area contributed by atoms with Crippen LogP contribution in [0, 0.1) is 23.7 Å². The molecule has 0 unspecified atom stereocenters. The van der Waals surface area contributed by atoms with Gasteiger partial charge in [-0.2, -0.15) is 0 Å². The first-order valence-corrected chi connectivity index (χ1v) is 3.87. The molecule has 0 bridgehead atoms. The first-order chi connectivity index (χ1) is 5.39. The Bertz CT molecular complexity index is 254. The number of Topliss-reactive ketones (excluding diaryl/α,β-unsaturated/α-hetero) is 1. The lowest BCUT2D eigenvalue weighted by Crippen LogP contribution is -1.92. The molecule has 11 heavy (non-hydrogen) atoms. The molecule has 0 saturated carbocycles. The van der Waals surface area contributed by atoms with Crippen molar-refractivity contribution < 1.29 is 4.79 Å². The number of hydrogen-bond acceptors (Lipinski definition) is 1. The SMILES string of the molecule is O=C1C#CCCCC#CCC1. The van der Waals surface area contributed by atoms with E-state index in [9.17, 15) is 4.79 Å². The Hall–Kier alpha value is -1.21. The van der Waals surface area contributed by atoms with Crippen LogP contribution in [-0.4, -0.2) is 5.78 Å². The van der Waals surface area contributed by atoms with Gasteiger partial charge in [-0.3, -0.25) is 4.79 Å². The Morgan fingerprint density at radius 1 is 1.00 bits per heavy atom. The summed E-state index contributed by atoms with van der Waals surface area (Å²) in [4.78, 5) is 10.9. The minimum Gasteiger partial charge on any atom is -0.285 e. The second-order valence-corrected chi connectivity index (χ2v) is 2.43. The highest BCUT2D eigenvalue weighted by molar-refractivity contribution is 5.95. The van der Waals surface area contributed by atoms with E-state index < -0.39 is 0 Å². The zero-order chi connectivity index (χ0) is 7.94. The van der Waals surface area contributed by atoms with Crippen LogP contribution >= 0.6 is 0 Å². The summed E-state index contributed by atoms with van der Waals surface area (Å²) in [5.41, 5.74) is 0. The second kappa shape index (κ2) is 4.58. The third-order valence-corrected chi connectivity index (χ3v) is 1.43. The van der Waals surface area contributed by atoms with Crippen molar-refractivity contribution in [3.8, 4) is 23.7 Å². The lowest BCUT2D eigenvalue weighted by Gasteiger charge is -1.89. The average Bonchev–Trinajstić information content (AvgIpc) is 2.03. The predicted octanol–water partition coefficient (Wildman–Crippen LogP) is 1.53. The molecule has 0 fully saturated rings. The lowest BCUT2D eigenvalue weighted by atomic mass is 10.1. The van der Waals surface area contributed by atoms with Gasteiger partial charge in [-0.05, 0) is 12.3 Å². The molecule has 1 aliphatic carbocycles. The maximum Gasteiger partial charge on any atom is 0.206 e. The van der Waals surface area contributed by atoms with Crippen LogP contribution in [0.4, 0.5) is 0 Å². The predicted molar refractivity (Wildman–Crippen MR) is 43.6 cm³/mol. The van der Waals surface area contributed by atoms with E-state index >= 15 is 0 Å². The minimum atomic E-state index is 0.0289. The van der Waals surface area contributed by atoms with Gasteiger partial charge in [0.25, 0.3) is 0 Å². The maximum absolute atomic E-state index is 10.9. The molecular formula is C10H10O. The Kier molecular flexibility index (Phi) is 3.29. The van der Waals surface area contributed by atoms with Crippen LogP contribution in [0.15, 0.2) is 0 Å². The Labute approximate surface area is 67.2 Å². The fourth-order valence-electron chi connectivity index (χ4n) is 0.842. The zero-order valence-corrected chi connectivity index (χ0v) is 6.44. The summed E-state index contributed by atoms with van der Waals surface area (Å²) in [6.45, 7) is 0. The molecule has 0 aromatic rings. The molecule has 56 valence electrons. The summed E-state index contributed by atoms with van der Waals surface area (Å²) in [6.07, 6.45) is 3.89. The average molecular weight is 146 g/mol. The first-order valence-electron chi connectivity index (χ1n) is 3.87. The largest absolute Gasteiger partial charge is 0.285 e. The highest BCUT2D eigenvalue weighted by Gasteiger charge is 1.94. The number of ketones is 1.